The molecule has 0 radical (unpaired) electrons. The van der Waals surface area contributed by atoms with Crippen molar-refractivity contribution in [2.24, 2.45) is 11.5 Å². The number of nitrogens with one attached hydrogen (secondary N) is 1. The van der Waals surface area contributed by atoms with Crippen molar-refractivity contribution in [1.29, 1.82) is 0 Å². The van der Waals surface area contributed by atoms with E-state index in [0.717, 1.165) is 25.8 Å². The van der Waals surface area contributed by atoms with E-state index in [-0.39, 0.29) is 0 Å². The van der Waals surface area contributed by atoms with Crippen LogP contribution in [0.15, 0.2) is 0 Å². The van der Waals surface area contributed by atoms with E-state index >= 15 is 0 Å². The highest BCUT2D eigenvalue weighted by molar-refractivity contribution is 5.73. The van der Waals surface area contributed by atoms with E-state index in [9.17, 15) is 9.59 Å². The predicted molar refractivity (Wildman–Crippen MR) is 87.8 cm³/mol. The highest BCUT2D eigenvalue weighted by atomic mass is 16.4. The summed E-state index contributed by atoms with van der Waals surface area (Å²) in [6, 6.07) is -1.13. The second-order valence-electron chi connectivity index (χ2n) is 5.30. The van der Waals surface area contributed by atoms with Gasteiger partial charge in [0.05, 0.1) is 0 Å². The van der Waals surface area contributed by atoms with Crippen LogP contribution in [-0.4, -0.2) is 47.3 Å². The molecule has 7 heteroatoms. The summed E-state index contributed by atoms with van der Waals surface area (Å²) >= 11 is 0. The normalized spacial score (nSPS) is 12.9. The molecule has 2 unspecified atom stereocenters. The maximum atomic E-state index is 10.4. The summed E-state index contributed by atoms with van der Waals surface area (Å²) in [6.45, 7) is 5.25. The molecule has 22 heavy (non-hydrogen) atoms. The summed E-state index contributed by atoms with van der Waals surface area (Å²) in [7, 11) is 0. The largest absolute Gasteiger partial charge is 0.480 e. The van der Waals surface area contributed by atoms with Crippen LogP contribution in [0.4, 0.5) is 0 Å². The fraction of sp³-hybridized carbons (Fsp3) is 0.867. The van der Waals surface area contributed by atoms with Gasteiger partial charge in [-0.1, -0.05) is 32.6 Å². The van der Waals surface area contributed by atoms with E-state index in [0.29, 0.717) is 13.0 Å². The number of unbranched alkanes of at least 4 members (excludes halogenated alkanes) is 4. The number of carboxylic acid groups (broad SMARTS) is 2. The Morgan fingerprint density at radius 2 is 1.68 bits per heavy atom. The third-order valence-electron chi connectivity index (χ3n) is 3.14. The summed E-state index contributed by atoms with van der Waals surface area (Å²) in [5, 5.41) is 19.8. The third-order valence-corrected chi connectivity index (χ3v) is 3.14. The van der Waals surface area contributed by atoms with Gasteiger partial charge in [-0.05, 0) is 39.3 Å². The van der Waals surface area contributed by atoms with Gasteiger partial charge in [-0.25, -0.2) is 0 Å². The van der Waals surface area contributed by atoms with Crippen molar-refractivity contribution in [2.75, 3.05) is 13.1 Å². The molecule has 2 atom stereocenters. The molecule has 0 rings (SSSR count). The van der Waals surface area contributed by atoms with Crippen LogP contribution in [0.2, 0.25) is 0 Å². The lowest BCUT2D eigenvalue weighted by Gasteiger charge is -2.07. The SMILES string of the molecule is CCCCCCNC(C)C(=O)O.NCCCCC(N)C(=O)O. The van der Waals surface area contributed by atoms with Crippen LogP contribution in [-0.2, 0) is 9.59 Å². The first-order valence-corrected chi connectivity index (χ1v) is 8.01. The topological polar surface area (TPSA) is 139 Å². The molecule has 0 aliphatic rings. The minimum atomic E-state index is -0.933. The predicted octanol–water partition coefficient (Wildman–Crippen LogP) is 1.16. The van der Waals surface area contributed by atoms with Gasteiger partial charge in [-0.15, -0.1) is 0 Å². The summed E-state index contributed by atoms with van der Waals surface area (Å²) in [4.78, 5) is 20.5. The molecule has 0 aromatic rings. The van der Waals surface area contributed by atoms with Gasteiger partial charge < -0.3 is 27.0 Å². The number of carboxylic acids is 2. The molecule has 0 bridgehead atoms. The highest BCUT2D eigenvalue weighted by Crippen LogP contribution is 1.97. The minimum absolute atomic E-state index is 0.411. The van der Waals surface area contributed by atoms with Crippen LogP contribution in [0.5, 0.6) is 0 Å². The standard InChI is InChI=1S/C9H19NO2.C6H14N2O2/c1-3-4-5-6-7-10-8(2)9(11)12;7-4-2-1-3-5(8)6(9)10/h8,10H,3-7H2,1-2H3,(H,11,12);5H,1-4,7-8H2,(H,9,10). The molecular weight excluding hydrogens is 286 g/mol. The Balaban J connectivity index is 0. The van der Waals surface area contributed by atoms with Gasteiger partial charge in [-0.2, -0.15) is 0 Å². The summed E-state index contributed by atoms with van der Waals surface area (Å²) in [6.07, 6.45) is 6.89. The van der Waals surface area contributed by atoms with E-state index in [1.165, 1.54) is 19.3 Å². The average Bonchev–Trinajstić information content (AvgIpc) is 2.47. The summed E-state index contributed by atoms with van der Waals surface area (Å²) in [5.41, 5.74) is 10.4. The van der Waals surface area contributed by atoms with Crippen LogP contribution >= 0.6 is 0 Å². The van der Waals surface area contributed by atoms with Crippen LogP contribution in [0.1, 0.15) is 58.8 Å². The third kappa shape index (κ3) is 16.9. The Hall–Kier alpha value is -1.18. The number of aliphatic carboxylic acids is 2. The Labute approximate surface area is 133 Å². The average molecular weight is 319 g/mol. The molecule has 0 saturated carbocycles. The smallest absolute Gasteiger partial charge is 0.320 e. The first kappa shape index (κ1) is 23.1. The van der Waals surface area contributed by atoms with Crippen molar-refractivity contribution in [1.82, 2.24) is 5.32 Å². The monoisotopic (exact) mass is 319 g/mol. The molecule has 7 nitrogen and oxygen atoms in total. The maximum absolute atomic E-state index is 10.4. The fourth-order valence-electron chi connectivity index (χ4n) is 1.59. The number of hydrogen-bond acceptors (Lipinski definition) is 5. The Bertz CT molecular complexity index is 288. The molecule has 132 valence electrons. The minimum Gasteiger partial charge on any atom is -0.480 e. The summed E-state index contributed by atoms with van der Waals surface area (Å²) < 4.78 is 0. The van der Waals surface area contributed by atoms with Crippen LogP contribution in [0, 0.1) is 0 Å². The molecule has 0 spiro atoms. The van der Waals surface area contributed by atoms with Crippen molar-refractivity contribution < 1.29 is 19.8 Å². The number of rotatable bonds is 12. The van der Waals surface area contributed by atoms with Gasteiger partial charge in [0.2, 0.25) is 0 Å². The molecule has 0 aromatic carbocycles. The maximum Gasteiger partial charge on any atom is 0.320 e. The lowest BCUT2D eigenvalue weighted by molar-refractivity contribution is -0.139. The molecule has 0 amide bonds. The molecule has 0 aromatic heterocycles. The molecule has 0 aliphatic carbocycles. The molecule has 0 aliphatic heterocycles. The van der Waals surface area contributed by atoms with Gasteiger partial charge in [0.25, 0.3) is 0 Å². The molecule has 7 N–H and O–H groups in total. The second kappa shape index (κ2) is 16.2. The number of carbonyl (C=O) groups is 2. The Kier molecular flexibility index (Phi) is 17.0. The van der Waals surface area contributed by atoms with Gasteiger partial charge >= 0.3 is 11.9 Å². The van der Waals surface area contributed by atoms with Crippen molar-refractivity contribution in [2.45, 2.75) is 70.9 Å². The van der Waals surface area contributed by atoms with Crippen LogP contribution in [0.25, 0.3) is 0 Å². The van der Waals surface area contributed by atoms with Gasteiger partial charge in [0.15, 0.2) is 0 Å². The van der Waals surface area contributed by atoms with E-state index in [1.807, 2.05) is 0 Å². The van der Waals surface area contributed by atoms with Gasteiger partial charge in [0, 0.05) is 0 Å². The van der Waals surface area contributed by atoms with Gasteiger partial charge in [0.1, 0.15) is 12.1 Å². The quantitative estimate of drug-likeness (QED) is 0.340. The lowest BCUT2D eigenvalue weighted by atomic mass is 10.1. The first-order valence-electron chi connectivity index (χ1n) is 8.01. The zero-order valence-corrected chi connectivity index (χ0v) is 13.9. The molecule has 0 saturated heterocycles. The van der Waals surface area contributed by atoms with Crippen molar-refractivity contribution in [3.05, 3.63) is 0 Å². The fourth-order valence-corrected chi connectivity index (χ4v) is 1.59. The number of hydrogen-bond donors (Lipinski definition) is 5. The zero-order chi connectivity index (χ0) is 17.4. The van der Waals surface area contributed by atoms with E-state index in [2.05, 4.69) is 12.2 Å². The molecule has 0 heterocycles. The van der Waals surface area contributed by atoms with E-state index in [1.54, 1.807) is 6.92 Å². The second-order valence-corrected chi connectivity index (χ2v) is 5.30. The van der Waals surface area contributed by atoms with E-state index in [4.69, 9.17) is 21.7 Å². The first-order chi connectivity index (χ1) is 10.4. The van der Waals surface area contributed by atoms with Gasteiger partial charge in [-0.3, -0.25) is 9.59 Å². The Morgan fingerprint density at radius 3 is 2.14 bits per heavy atom. The molecule has 0 fully saturated rings. The van der Waals surface area contributed by atoms with Crippen molar-refractivity contribution in [3.63, 3.8) is 0 Å². The molecular formula is C15H33N3O4. The zero-order valence-electron chi connectivity index (χ0n) is 13.9. The lowest BCUT2D eigenvalue weighted by Crippen LogP contribution is -2.34. The van der Waals surface area contributed by atoms with Crippen molar-refractivity contribution >= 4 is 11.9 Å². The Morgan fingerprint density at radius 1 is 1.05 bits per heavy atom. The highest BCUT2D eigenvalue weighted by Gasteiger charge is 2.09. The van der Waals surface area contributed by atoms with E-state index < -0.39 is 24.0 Å². The van der Waals surface area contributed by atoms with Crippen molar-refractivity contribution in [3.8, 4) is 0 Å². The summed E-state index contributed by atoms with van der Waals surface area (Å²) in [5.74, 6) is -1.71. The van der Waals surface area contributed by atoms with Crippen LogP contribution in [0.3, 0.4) is 0 Å². The number of nitrogens with two attached hydrogens (primary N) is 2. The van der Waals surface area contributed by atoms with Crippen LogP contribution < -0.4 is 16.8 Å².